The summed E-state index contributed by atoms with van der Waals surface area (Å²) < 4.78 is 36.3. The number of halogens is 2. The van der Waals surface area contributed by atoms with Gasteiger partial charge in [0.1, 0.15) is 0 Å². The molecule has 158 valence electrons. The summed E-state index contributed by atoms with van der Waals surface area (Å²) in [5.74, 6) is -0.672. The van der Waals surface area contributed by atoms with Crippen molar-refractivity contribution in [3.63, 3.8) is 0 Å². The first kappa shape index (κ1) is 21.3. The molecule has 29 heavy (non-hydrogen) atoms. The number of alkyl halides is 2. The normalized spacial score (nSPS) is 20.2. The molecule has 1 aliphatic carbocycles. The van der Waals surface area contributed by atoms with Gasteiger partial charge in [0.25, 0.3) is 0 Å². The molecule has 0 spiro atoms. The van der Waals surface area contributed by atoms with Gasteiger partial charge in [0.05, 0.1) is 24.1 Å². The predicted octanol–water partition coefficient (Wildman–Crippen LogP) is 3.94. The number of aliphatic carboxylic acids is 1. The lowest BCUT2D eigenvalue weighted by Gasteiger charge is -2.37. The number of benzene rings is 1. The smallest absolute Gasteiger partial charge is 0.387 e. The van der Waals surface area contributed by atoms with Gasteiger partial charge in [-0.15, -0.1) is 0 Å². The van der Waals surface area contributed by atoms with Gasteiger partial charge in [0, 0.05) is 13.1 Å². The van der Waals surface area contributed by atoms with Gasteiger partial charge in [-0.3, -0.25) is 9.69 Å². The SMILES string of the molecule is N#CC1(c2ccc(OC(F)F)c(OC3CCCCC3)c2)CCN(CC(=O)O)CC1. The van der Waals surface area contributed by atoms with Crippen LogP contribution in [0.25, 0.3) is 0 Å². The molecule has 0 amide bonds. The standard InChI is InChI=1S/C21H26F2N2O4/c22-20(23)29-17-7-6-15(12-18(17)28-16-4-2-1-3-5-16)21(14-24)8-10-25(11-9-21)13-19(26)27/h6-7,12,16,20H,1-5,8-11,13H2,(H,26,27). The highest BCUT2D eigenvalue weighted by molar-refractivity contribution is 5.69. The molecule has 1 aromatic carbocycles. The number of hydrogen-bond donors (Lipinski definition) is 1. The number of hydrogen-bond acceptors (Lipinski definition) is 5. The molecule has 1 aliphatic heterocycles. The fourth-order valence-corrected chi connectivity index (χ4v) is 4.20. The number of nitriles is 1. The zero-order valence-corrected chi connectivity index (χ0v) is 16.3. The second-order valence-electron chi connectivity index (χ2n) is 7.78. The number of carbonyl (C=O) groups is 1. The van der Waals surface area contributed by atoms with Crippen LogP contribution in [0.1, 0.15) is 50.5 Å². The van der Waals surface area contributed by atoms with Crippen LogP contribution in [0.3, 0.4) is 0 Å². The van der Waals surface area contributed by atoms with Crippen LogP contribution in [0, 0.1) is 11.3 Å². The van der Waals surface area contributed by atoms with Crippen molar-refractivity contribution in [3.8, 4) is 17.6 Å². The molecular weight excluding hydrogens is 382 g/mol. The largest absolute Gasteiger partial charge is 0.487 e. The van der Waals surface area contributed by atoms with Gasteiger partial charge in [-0.05, 0) is 56.2 Å². The number of carboxylic acids is 1. The highest BCUT2D eigenvalue weighted by atomic mass is 19.3. The van der Waals surface area contributed by atoms with Crippen LogP contribution in [0.5, 0.6) is 11.5 Å². The summed E-state index contributed by atoms with van der Waals surface area (Å²) >= 11 is 0. The van der Waals surface area contributed by atoms with Crippen LogP contribution in [0.2, 0.25) is 0 Å². The molecule has 8 heteroatoms. The van der Waals surface area contributed by atoms with Crippen molar-refractivity contribution >= 4 is 5.97 Å². The molecule has 0 radical (unpaired) electrons. The van der Waals surface area contributed by atoms with Gasteiger partial charge < -0.3 is 14.6 Å². The Morgan fingerprint density at radius 2 is 1.93 bits per heavy atom. The molecule has 2 aliphatic rings. The number of rotatable bonds is 7. The van der Waals surface area contributed by atoms with E-state index in [1.165, 1.54) is 6.07 Å². The summed E-state index contributed by atoms with van der Waals surface area (Å²) in [5, 5.41) is 18.9. The Balaban J connectivity index is 1.83. The quantitative estimate of drug-likeness (QED) is 0.736. The van der Waals surface area contributed by atoms with E-state index in [0.29, 0.717) is 31.5 Å². The highest BCUT2D eigenvalue weighted by Crippen LogP contribution is 2.40. The van der Waals surface area contributed by atoms with Crippen molar-refractivity contribution in [2.75, 3.05) is 19.6 Å². The minimum Gasteiger partial charge on any atom is -0.487 e. The maximum absolute atomic E-state index is 12.8. The van der Waals surface area contributed by atoms with Crippen molar-refractivity contribution in [1.29, 1.82) is 5.26 Å². The summed E-state index contributed by atoms with van der Waals surface area (Å²) in [5.41, 5.74) is -0.106. The maximum Gasteiger partial charge on any atom is 0.387 e. The third kappa shape index (κ3) is 5.36. The first-order valence-corrected chi connectivity index (χ1v) is 10.0. The monoisotopic (exact) mass is 408 g/mol. The Morgan fingerprint density at radius 3 is 2.52 bits per heavy atom. The molecule has 0 aromatic heterocycles. The minimum atomic E-state index is -2.96. The number of ether oxygens (including phenoxy) is 2. The Hall–Kier alpha value is -2.40. The molecule has 1 saturated heterocycles. The molecular formula is C21H26F2N2O4. The molecule has 0 atom stereocenters. The Kier molecular flexibility index (Phi) is 6.91. The fraction of sp³-hybridized carbons (Fsp3) is 0.619. The average Bonchev–Trinajstić information content (AvgIpc) is 2.70. The summed E-state index contributed by atoms with van der Waals surface area (Å²) in [4.78, 5) is 12.7. The summed E-state index contributed by atoms with van der Waals surface area (Å²) in [7, 11) is 0. The van der Waals surface area contributed by atoms with E-state index in [9.17, 15) is 18.8 Å². The van der Waals surface area contributed by atoms with E-state index in [2.05, 4.69) is 10.8 Å². The van der Waals surface area contributed by atoms with Crippen molar-refractivity contribution in [2.45, 2.75) is 63.1 Å². The van der Waals surface area contributed by atoms with Crippen molar-refractivity contribution in [2.24, 2.45) is 0 Å². The van der Waals surface area contributed by atoms with Crippen molar-refractivity contribution < 1.29 is 28.2 Å². The van der Waals surface area contributed by atoms with E-state index in [4.69, 9.17) is 9.84 Å². The van der Waals surface area contributed by atoms with Gasteiger partial charge in [-0.25, -0.2) is 0 Å². The van der Waals surface area contributed by atoms with E-state index in [1.54, 1.807) is 17.0 Å². The lowest BCUT2D eigenvalue weighted by molar-refractivity contribution is -0.138. The molecule has 0 unspecified atom stereocenters. The first-order chi connectivity index (χ1) is 13.9. The molecule has 6 nitrogen and oxygen atoms in total. The number of nitrogens with zero attached hydrogens (tertiary/aromatic N) is 2. The van der Waals surface area contributed by atoms with Gasteiger partial charge in [0.2, 0.25) is 0 Å². The molecule has 1 aromatic rings. The van der Waals surface area contributed by atoms with E-state index in [-0.39, 0.29) is 24.1 Å². The van der Waals surface area contributed by atoms with E-state index < -0.39 is 18.0 Å². The van der Waals surface area contributed by atoms with Crippen LogP contribution in [0.15, 0.2) is 18.2 Å². The van der Waals surface area contributed by atoms with Crippen LogP contribution in [-0.4, -0.2) is 48.3 Å². The van der Waals surface area contributed by atoms with E-state index in [0.717, 1.165) is 32.1 Å². The lowest BCUT2D eigenvalue weighted by atomic mass is 9.74. The molecule has 0 bridgehead atoms. The topological polar surface area (TPSA) is 82.8 Å². The maximum atomic E-state index is 12.8. The molecule has 1 heterocycles. The van der Waals surface area contributed by atoms with Crippen LogP contribution < -0.4 is 9.47 Å². The van der Waals surface area contributed by atoms with E-state index >= 15 is 0 Å². The van der Waals surface area contributed by atoms with Crippen molar-refractivity contribution in [3.05, 3.63) is 23.8 Å². The lowest BCUT2D eigenvalue weighted by Crippen LogP contribution is -2.43. The molecule has 1 saturated carbocycles. The molecule has 1 N–H and O–H groups in total. The van der Waals surface area contributed by atoms with Crippen LogP contribution in [-0.2, 0) is 10.2 Å². The summed E-state index contributed by atoms with van der Waals surface area (Å²) in [6.45, 7) is -2.06. The third-order valence-corrected chi connectivity index (χ3v) is 5.84. The number of piperidine rings is 1. The van der Waals surface area contributed by atoms with Crippen molar-refractivity contribution in [1.82, 2.24) is 4.90 Å². The highest BCUT2D eigenvalue weighted by Gasteiger charge is 2.37. The first-order valence-electron chi connectivity index (χ1n) is 10.0. The number of carboxylic acid groups (broad SMARTS) is 1. The fourth-order valence-electron chi connectivity index (χ4n) is 4.20. The summed E-state index contributed by atoms with van der Waals surface area (Å²) in [6, 6.07) is 7.12. The molecule has 3 rings (SSSR count). The predicted molar refractivity (Wildman–Crippen MR) is 101 cm³/mol. The molecule has 2 fully saturated rings. The minimum absolute atomic E-state index is 0.0225. The Morgan fingerprint density at radius 1 is 1.24 bits per heavy atom. The second-order valence-corrected chi connectivity index (χ2v) is 7.78. The zero-order valence-electron chi connectivity index (χ0n) is 16.3. The average molecular weight is 408 g/mol. The van der Waals surface area contributed by atoms with E-state index in [1.807, 2.05) is 0 Å². The Bertz CT molecular complexity index is 752. The number of likely N-dealkylation sites (tertiary alicyclic amines) is 1. The zero-order chi connectivity index (χ0) is 20.9. The van der Waals surface area contributed by atoms with Gasteiger partial charge >= 0.3 is 12.6 Å². The Labute approximate surface area is 169 Å². The van der Waals surface area contributed by atoms with Crippen LogP contribution in [0.4, 0.5) is 8.78 Å². The van der Waals surface area contributed by atoms with Crippen LogP contribution >= 0.6 is 0 Å². The second kappa shape index (κ2) is 9.40. The van der Waals surface area contributed by atoms with Gasteiger partial charge in [0.15, 0.2) is 11.5 Å². The summed E-state index contributed by atoms with van der Waals surface area (Å²) in [6.07, 6.45) is 5.84. The third-order valence-electron chi connectivity index (χ3n) is 5.84. The van der Waals surface area contributed by atoms with Gasteiger partial charge in [-0.1, -0.05) is 12.5 Å². The van der Waals surface area contributed by atoms with Gasteiger partial charge in [-0.2, -0.15) is 14.0 Å².